The van der Waals surface area contributed by atoms with Gasteiger partial charge in [0, 0.05) is 36.8 Å². The molecule has 1 aromatic heterocycles. The van der Waals surface area contributed by atoms with Crippen molar-refractivity contribution >= 4 is 59.3 Å². The van der Waals surface area contributed by atoms with E-state index in [1.54, 1.807) is 0 Å². The Morgan fingerprint density at radius 3 is 2.23 bits per heavy atom. The van der Waals surface area contributed by atoms with Crippen molar-refractivity contribution in [2.75, 3.05) is 4.90 Å². The van der Waals surface area contributed by atoms with Gasteiger partial charge in [-0.05, 0) is 41.3 Å². The zero-order valence-corrected chi connectivity index (χ0v) is 17.0. The molecule has 0 fully saturated rings. The van der Waals surface area contributed by atoms with Crippen LogP contribution in [0.5, 0.6) is 0 Å². The maximum Gasteiger partial charge on any atom is 0.0633 e. The number of benzene rings is 5. The summed E-state index contributed by atoms with van der Waals surface area (Å²) in [6.45, 7) is 0. The average molecular weight is 400 g/mol. The van der Waals surface area contributed by atoms with Gasteiger partial charge in [-0.3, -0.25) is 0 Å². The van der Waals surface area contributed by atoms with Gasteiger partial charge in [0.2, 0.25) is 0 Å². The van der Waals surface area contributed by atoms with Crippen LogP contribution < -0.4 is 4.90 Å². The second kappa shape index (κ2) is 5.94. The van der Waals surface area contributed by atoms with Gasteiger partial charge >= 0.3 is 0 Å². The fraction of sp³-hybridized carbons (Fsp3) is 0. The third kappa shape index (κ3) is 2.06. The highest BCUT2D eigenvalue weighted by atomic mass is 32.1. The topological polar surface area (TPSA) is 3.24 Å². The van der Waals surface area contributed by atoms with Crippen LogP contribution in [0.2, 0.25) is 0 Å². The SMILES string of the molecule is c1ccc(N2c3cccc4cccc(c34)-c3ccc4sc5ccccc5c4c32)cc1. The third-order valence-electron chi connectivity index (χ3n) is 6.17. The van der Waals surface area contributed by atoms with Gasteiger partial charge in [-0.2, -0.15) is 0 Å². The number of rotatable bonds is 1. The van der Waals surface area contributed by atoms with Crippen molar-refractivity contribution in [3.8, 4) is 11.1 Å². The molecule has 0 bridgehead atoms. The summed E-state index contributed by atoms with van der Waals surface area (Å²) < 4.78 is 2.67. The molecule has 6 aromatic rings. The molecule has 0 radical (unpaired) electrons. The van der Waals surface area contributed by atoms with Gasteiger partial charge in [-0.1, -0.05) is 72.8 Å². The summed E-state index contributed by atoms with van der Waals surface area (Å²) >= 11 is 1.88. The fourth-order valence-electron chi connectivity index (χ4n) is 4.95. The summed E-state index contributed by atoms with van der Waals surface area (Å²) in [5.41, 5.74) is 6.37. The Morgan fingerprint density at radius 2 is 1.33 bits per heavy atom. The molecule has 2 heteroatoms. The molecule has 0 N–H and O–H groups in total. The zero-order valence-electron chi connectivity index (χ0n) is 16.2. The maximum atomic E-state index is 2.46. The van der Waals surface area contributed by atoms with Crippen molar-refractivity contribution in [3.63, 3.8) is 0 Å². The van der Waals surface area contributed by atoms with E-state index in [1.165, 1.54) is 59.1 Å². The number of fused-ring (bicyclic) bond motifs is 6. The second-order valence-corrected chi connectivity index (χ2v) is 8.87. The van der Waals surface area contributed by atoms with E-state index in [4.69, 9.17) is 0 Å². The van der Waals surface area contributed by atoms with Crippen LogP contribution in [-0.2, 0) is 0 Å². The van der Waals surface area contributed by atoms with Crippen LogP contribution in [0.1, 0.15) is 0 Å². The molecule has 0 atom stereocenters. The van der Waals surface area contributed by atoms with Crippen LogP contribution in [-0.4, -0.2) is 0 Å². The highest BCUT2D eigenvalue weighted by Crippen LogP contribution is 2.55. The Morgan fingerprint density at radius 1 is 0.533 bits per heavy atom. The van der Waals surface area contributed by atoms with Gasteiger partial charge in [0.15, 0.2) is 0 Å². The van der Waals surface area contributed by atoms with Crippen LogP contribution in [0.15, 0.2) is 103 Å². The minimum absolute atomic E-state index is 1.20. The first-order valence-corrected chi connectivity index (χ1v) is 11.0. The van der Waals surface area contributed by atoms with Crippen molar-refractivity contribution in [1.82, 2.24) is 0 Å². The molecule has 1 aliphatic rings. The molecule has 2 heterocycles. The maximum absolute atomic E-state index is 2.46. The van der Waals surface area contributed by atoms with Gasteiger partial charge in [0.25, 0.3) is 0 Å². The smallest absolute Gasteiger partial charge is 0.0633 e. The van der Waals surface area contributed by atoms with Crippen molar-refractivity contribution in [2.24, 2.45) is 0 Å². The summed E-state index contributed by atoms with van der Waals surface area (Å²) in [5.74, 6) is 0. The Labute approximate surface area is 178 Å². The van der Waals surface area contributed by atoms with Crippen LogP contribution >= 0.6 is 11.3 Å². The van der Waals surface area contributed by atoms with E-state index in [0.29, 0.717) is 0 Å². The number of nitrogens with zero attached hydrogens (tertiary/aromatic N) is 1. The lowest BCUT2D eigenvalue weighted by atomic mass is 9.89. The highest BCUT2D eigenvalue weighted by Gasteiger charge is 2.28. The Balaban J connectivity index is 1.73. The minimum atomic E-state index is 1.20. The van der Waals surface area contributed by atoms with Gasteiger partial charge in [0.1, 0.15) is 0 Å². The van der Waals surface area contributed by atoms with Crippen LogP contribution in [0, 0.1) is 0 Å². The summed E-state index contributed by atoms with van der Waals surface area (Å²) in [7, 11) is 0. The second-order valence-electron chi connectivity index (χ2n) is 7.78. The van der Waals surface area contributed by atoms with E-state index in [1.807, 2.05) is 11.3 Å². The first-order chi connectivity index (χ1) is 14.9. The Hall–Kier alpha value is -3.62. The van der Waals surface area contributed by atoms with E-state index in [-0.39, 0.29) is 0 Å². The van der Waals surface area contributed by atoms with Gasteiger partial charge in [-0.15, -0.1) is 11.3 Å². The molecule has 0 spiro atoms. The number of anilines is 3. The molecule has 0 amide bonds. The van der Waals surface area contributed by atoms with Crippen molar-refractivity contribution in [2.45, 2.75) is 0 Å². The normalized spacial score (nSPS) is 12.6. The van der Waals surface area contributed by atoms with E-state index < -0.39 is 0 Å². The number of para-hydroxylation sites is 1. The van der Waals surface area contributed by atoms with E-state index in [2.05, 4.69) is 108 Å². The zero-order chi connectivity index (χ0) is 19.7. The summed E-state index contributed by atoms with van der Waals surface area (Å²) in [4.78, 5) is 2.46. The summed E-state index contributed by atoms with van der Waals surface area (Å²) in [6.07, 6.45) is 0. The molecule has 0 aliphatic carbocycles. The van der Waals surface area contributed by atoms with Gasteiger partial charge < -0.3 is 4.90 Å². The monoisotopic (exact) mass is 399 g/mol. The van der Waals surface area contributed by atoms with Gasteiger partial charge in [-0.25, -0.2) is 0 Å². The lowest BCUT2D eigenvalue weighted by Crippen LogP contribution is -2.15. The van der Waals surface area contributed by atoms with E-state index in [9.17, 15) is 0 Å². The third-order valence-corrected chi connectivity index (χ3v) is 7.30. The standard InChI is InChI=1S/C28H17NS/c1-2-10-19(11-3-1)29-23-14-7-9-18-8-6-13-20(26(18)23)21-16-17-25-27(28(21)29)22-12-4-5-15-24(22)30-25/h1-17H. The Kier molecular flexibility index (Phi) is 3.21. The van der Waals surface area contributed by atoms with Crippen molar-refractivity contribution in [3.05, 3.63) is 103 Å². The van der Waals surface area contributed by atoms with Crippen molar-refractivity contribution in [1.29, 1.82) is 0 Å². The quantitative estimate of drug-likeness (QED) is 0.267. The molecule has 1 nitrogen and oxygen atoms in total. The lowest BCUT2D eigenvalue weighted by Gasteiger charge is -2.34. The minimum Gasteiger partial charge on any atom is -0.309 e. The molecule has 7 rings (SSSR count). The van der Waals surface area contributed by atoms with Gasteiger partial charge in [0.05, 0.1) is 11.4 Å². The molecule has 0 saturated heterocycles. The average Bonchev–Trinajstić information content (AvgIpc) is 3.19. The highest BCUT2D eigenvalue weighted by molar-refractivity contribution is 7.26. The van der Waals surface area contributed by atoms with Crippen LogP contribution in [0.4, 0.5) is 17.1 Å². The number of hydrogen-bond acceptors (Lipinski definition) is 2. The summed E-state index contributed by atoms with van der Waals surface area (Å²) in [6, 6.07) is 37.5. The molecule has 140 valence electrons. The number of hydrogen-bond donors (Lipinski definition) is 0. The number of thiophene rings is 1. The van der Waals surface area contributed by atoms with Crippen LogP contribution in [0.25, 0.3) is 42.1 Å². The Bertz CT molecular complexity index is 1590. The first-order valence-electron chi connectivity index (χ1n) is 10.2. The van der Waals surface area contributed by atoms with E-state index in [0.717, 1.165) is 0 Å². The molecule has 30 heavy (non-hydrogen) atoms. The van der Waals surface area contributed by atoms with Crippen LogP contribution in [0.3, 0.4) is 0 Å². The summed E-state index contributed by atoms with van der Waals surface area (Å²) in [5, 5.41) is 5.30. The molecular formula is C28H17NS. The molecule has 0 saturated carbocycles. The predicted molar refractivity (Wildman–Crippen MR) is 131 cm³/mol. The predicted octanol–water partition coefficient (Wildman–Crippen LogP) is 8.66. The molecule has 1 aliphatic heterocycles. The fourth-order valence-corrected chi connectivity index (χ4v) is 6.05. The molecular weight excluding hydrogens is 382 g/mol. The molecule has 5 aromatic carbocycles. The first kappa shape index (κ1) is 16.2. The van der Waals surface area contributed by atoms with E-state index >= 15 is 0 Å². The van der Waals surface area contributed by atoms with Crippen molar-refractivity contribution < 1.29 is 0 Å². The largest absolute Gasteiger partial charge is 0.309 e. The molecule has 0 unspecified atom stereocenters. The lowest BCUT2D eigenvalue weighted by molar-refractivity contribution is 1.30.